The van der Waals surface area contributed by atoms with E-state index in [1.54, 1.807) is 23.5 Å². The van der Waals surface area contributed by atoms with Crippen molar-refractivity contribution in [3.8, 4) is 0 Å². The molecule has 0 saturated heterocycles. The van der Waals surface area contributed by atoms with Crippen LogP contribution in [0.4, 0.5) is 0 Å². The highest BCUT2D eigenvalue weighted by Crippen LogP contribution is 2.41. The number of aryl methyl sites for hydroxylation is 1. The highest BCUT2D eigenvalue weighted by Gasteiger charge is 2.19. The van der Waals surface area contributed by atoms with E-state index in [2.05, 4.69) is 91.0 Å². The maximum Gasteiger partial charge on any atom is 0.269 e. The summed E-state index contributed by atoms with van der Waals surface area (Å²) in [6.45, 7) is 0. The third-order valence-corrected chi connectivity index (χ3v) is 9.05. The van der Waals surface area contributed by atoms with Crippen molar-refractivity contribution in [1.29, 1.82) is 0 Å². The Morgan fingerprint density at radius 2 is 1.30 bits per heavy atom. The second-order valence-corrected chi connectivity index (χ2v) is 11.5. The van der Waals surface area contributed by atoms with Crippen molar-refractivity contribution in [2.45, 2.75) is 11.5 Å². The van der Waals surface area contributed by atoms with Crippen LogP contribution in [0.3, 0.4) is 0 Å². The van der Waals surface area contributed by atoms with Gasteiger partial charge in [0.15, 0.2) is 5.58 Å². The van der Waals surface area contributed by atoms with Crippen LogP contribution in [-0.2, 0) is 18.6 Å². The number of benzene rings is 4. The normalized spacial score (nSPS) is 11.9. The average molecular weight is 556 g/mol. The Morgan fingerprint density at radius 3 is 1.92 bits per heavy atom. The van der Waals surface area contributed by atoms with E-state index in [0.717, 1.165) is 48.4 Å². The van der Waals surface area contributed by atoms with Gasteiger partial charge in [0.25, 0.3) is 4.84 Å². The summed E-state index contributed by atoms with van der Waals surface area (Å²) in [4.78, 5) is 1.60. The zero-order valence-corrected chi connectivity index (χ0v) is 23.6. The van der Waals surface area contributed by atoms with Crippen LogP contribution in [0.5, 0.6) is 0 Å². The van der Waals surface area contributed by atoms with Gasteiger partial charge in [0.05, 0.1) is 9.71 Å². The molecule has 0 N–H and O–H groups in total. The predicted molar refractivity (Wildman–Crippen MR) is 167 cm³/mol. The molecule has 1 heterocycles. The Bertz CT molecular complexity index is 1600. The van der Waals surface area contributed by atoms with Gasteiger partial charge in [-0.2, -0.15) is 0 Å². The quantitative estimate of drug-likeness (QED) is 0.107. The molecule has 0 saturated carbocycles. The summed E-state index contributed by atoms with van der Waals surface area (Å²) >= 11 is 15.0. The fraction of sp³-hybridized carbons (Fsp3) is 0.0968. The Balaban J connectivity index is 1.62. The molecule has 0 atom stereocenters. The second kappa shape index (κ2) is 12.1. The molecule has 0 fully saturated rings. The molecule has 2 nitrogen and oxygen atoms in total. The summed E-state index contributed by atoms with van der Waals surface area (Å²) in [6.07, 6.45) is 0. The van der Waals surface area contributed by atoms with Crippen LogP contribution in [0.15, 0.2) is 114 Å². The molecule has 4 aromatic carbocycles. The Hall–Kier alpha value is -2.90. The minimum absolute atomic E-state index is 0.465. The minimum atomic E-state index is 0.465. The van der Waals surface area contributed by atoms with E-state index in [1.807, 2.05) is 29.8 Å². The van der Waals surface area contributed by atoms with Crippen molar-refractivity contribution < 1.29 is 4.42 Å². The maximum absolute atomic E-state index is 6.13. The minimum Gasteiger partial charge on any atom is -0.429 e. The number of thioether (sulfide) groups is 2. The highest BCUT2D eigenvalue weighted by atomic mass is 32.2. The topological polar surface area (TPSA) is 18.1 Å². The van der Waals surface area contributed by atoms with E-state index in [0.29, 0.717) is 4.84 Å². The van der Waals surface area contributed by atoms with E-state index in [-0.39, 0.29) is 0 Å². The van der Waals surface area contributed by atoms with Crippen LogP contribution in [0, 0.1) is 4.84 Å². The third-order valence-electron chi connectivity index (χ3n) is 5.99. The molecule has 0 aliphatic heterocycles. The van der Waals surface area contributed by atoms with Gasteiger partial charge in [-0.05, 0) is 46.6 Å². The Kier molecular flexibility index (Phi) is 8.41. The van der Waals surface area contributed by atoms with E-state index < -0.39 is 0 Å². The van der Waals surface area contributed by atoms with Gasteiger partial charge in [-0.25, -0.2) is 0 Å². The maximum atomic E-state index is 6.13. The molecule has 0 spiro atoms. The average Bonchev–Trinajstić information content (AvgIpc) is 3.23. The number of fused-ring (bicyclic) bond motifs is 1. The first-order valence-electron chi connectivity index (χ1n) is 11.9. The van der Waals surface area contributed by atoms with Crippen molar-refractivity contribution in [2.75, 3.05) is 0 Å². The van der Waals surface area contributed by atoms with Gasteiger partial charge in [-0.1, -0.05) is 109 Å². The summed E-state index contributed by atoms with van der Waals surface area (Å²) in [5.41, 5.74) is 7.52. The molecule has 0 aliphatic rings. The molecule has 6 heteroatoms. The monoisotopic (exact) mass is 555 g/mol. The van der Waals surface area contributed by atoms with Gasteiger partial charge in [0.2, 0.25) is 0 Å². The zero-order chi connectivity index (χ0) is 25.6. The SMILES string of the molecule is Cn1c(=S)oc2cc(/C(SCc3ccccc3)=C(\C(=S)SCc3ccccc3)c3ccccc3)ccc21. The van der Waals surface area contributed by atoms with Gasteiger partial charge in [-0.15, -0.1) is 23.5 Å². The van der Waals surface area contributed by atoms with Crippen molar-refractivity contribution >= 4 is 73.7 Å². The van der Waals surface area contributed by atoms with Gasteiger partial charge in [0.1, 0.15) is 0 Å². The summed E-state index contributed by atoms with van der Waals surface area (Å²) in [5, 5.41) is 0. The molecular formula is C31H25NOS4. The fourth-order valence-corrected chi connectivity index (χ4v) is 6.78. The van der Waals surface area contributed by atoms with Gasteiger partial charge >= 0.3 is 0 Å². The molecule has 1 aromatic heterocycles. The van der Waals surface area contributed by atoms with Crippen LogP contribution in [-0.4, -0.2) is 8.76 Å². The first-order valence-corrected chi connectivity index (χ1v) is 14.7. The Morgan fingerprint density at radius 1 is 0.730 bits per heavy atom. The van der Waals surface area contributed by atoms with E-state index >= 15 is 0 Å². The van der Waals surface area contributed by atoms with E-state index in [9.17, 15) is 0 Å². The van der Waals surface area contributed by atoms with Crippen LogP contribution >= 0.6 is 48.0 Å². The van der Waals surface area contributed by atoms with Crippen molar-refractivity contribution in [1.82, 2.24) is 4.57 Å². The molecular weight excluding hydrogens is 531 g/mol. The largest absolute Gasteiger partial charge is 0.429 e. The molecule has 0 bridgehead atoms. The van der Waals surface area contributed by atoms with E-state index in [1.165, 1.54) is 11.1 Å². The van der Waals surface area contributed by atoms with Gasteiger partial charge < -0.3 is 8.98 Å². The number of hydrogen-bond acceptors (Lipinski definition) is 5. The van der Waals surface area contributed by atoms with Crippen LogP contribution in [0.1, 0.15) is 22.3 Å². The van der Waals surface area contributed by atoms with E-state index in [4.69, 9.17) is 28.9 Å². The zero-order valence-electron chi connectivity index (χ0n) is 20.3. The number of nitrogens with zero attached hydrogens (tertiary/aromatic N) is 1. The molecule has 0 aliphatic carbocycles. The second-order valence-electron chi connectivity index (χ2n) is 8.52. The molecule has 5 aromatic rings. The Labute approximate surface area is 236 Å². The van der Waals surface area contributed by atoms with Crippen LogP contribution in [0.25, 0.3) is 21.6 Å². The smallest absolute Gasteiger partial charge is 0.269 e. The van der Waals surface area contributed by atoms with Crippen molar-refractivity contribution in [3.05, 3.63) is 136 Å². The summed E-state index contributed by atoms with van der Waals surface area (Å²) in [5.74, 6) is 1.65. The van der Waals surface area contributed by atoms with Crippen LogP contribution < -0.4 is 0 Å². The summed E-state index contributed by atoms with van der Waals surface area (Å²) in [7, 11) is 1.93. The molecule has 37 heavy (non-hydrogen) atoms. The number of hydrogen-bond donors (Lipinski definition) is 0. The molecule has 184 valence electrons. The third kappa shape index (κ3) is 6.16. The van der Waals surface area contributed by atoms with Gasteiger partial charge in [0, 0.05) is 29.0 Å². The number of oxazole rings is 1. The fourth-order valence-electron chi connectivity index (χ4n) is 4.05. The predicted octanol–water partition coefficient (Wildman–Crippen LogP) is 9.56. The van der Waals surface area contributed by atoms with Crippen LogP contribution in [0.2, 0.25) is 0 Å². The number of aromatic nitrogens is 1. The molecule has 0 radical (unpaired) electrons. The molecule has 0 amide bonds. The van der Waals surface area contributed by atoms with Crippen molar-refractivity contribution in [2.24, 2.45) is 7.05 Å². The lowest BCUT2D eigenvalue weighted by atomic mass is 10.0. The van der Waals surface area contributed by atoms with Gasteiger partial charge in [-0.3, -0.25) is 0 Å². The lowest BCUT2D eigenvalue weighted by molar-refractivity contribution is 0.559. The standard InChI is InChI=1S/C31H25NOS4/c1-32-26-18-17-25(19-27(26)33-31(32)35)29(36-20-22-11-5-2-6-12-22)28(24-15-9-4-10-16-24)30(34)37-21-23-13-7-3-8-14-23/h2-19H,20-21H2,1H3/b29-28+. The number of rotatable bonds is 8. The molecule has 5 rings (SSSR count). The first kappa shape index (κ1) is 25.7. The van der Waals surface area contributed by atoms with Crippen molar-refractivity contribution in [3.63, 3.8) is 0 Å². The molecule has 0 unspecified atom stereocenters. The summed E-state index contributed by atoms with van der Waals surface area (Å²) in [6, 6.07) is 37.8. The first-order chi connectivity index (χ1) is 18.1. The number of thiocarbonyl (C=S) groups is 1. The lowest BCUT2D eigenvalue weighted by Gasteiger charge is -2.17. The summed E-state index contributed by atoms with van der Waals surface area (Å²) < 4.78 is 8.68. The lowest BCUT2D eigenvalue weighted by Crippen LogP contribution is -2.00. The highest BCUT2D eigenvalue weighted by molar-refractivity contribution is 8.24.